The van der Waals surface area contributed by atoms with Gasteiger partial charge in [-0.1, -0.05) is 76.1 Å². The van der Waals surface area contributed by atoms with Crippen molar-refractivity contribution in [1.29, 1.82) is 0 Å². The van der Waals surface area contributed by atoms with Gasteiger partial charge in [-0.25, -0.2) is 0 Å². The maximum atomic E-state index is 14.5. The number of guanidine groups is 1. The maximum Gasteiger partial charge on any atom is 0.245 e. The van der Waals surface area contributed by atoms with Crippen molar-refractivity contribution in [2.75, 3.05) is 33.2 Å². The number of aliphatic imine (C=N–C) groups is 1. The van der Waals surface area contributed by atoms with E-state index in [9.17, 15) is 43.5 Å². The molecule has 3 rings (SSSR count). The maximum absolute atomic E-state index is 14.5. The fourth-order valence-electron chi connectivity index (χ4n) is 8.40. The zero-order valence-corrected chi connectivity index (χ0v) is 42.3. The van der Waals surface area contributed by atoms with E-state index < -0.39 is 96.1 Å². The fraction of sp³-hybridized carbons (Fsp3) is 0.580. The number of carbonyl (C=O) groups is 8. The Morgan fingerprint density at radius 1 is 0.750 bits per heavy atom. The van der Waals surface area contributed by atoms with Crippen molar-refractivity contribution in [2.24, 2.45) is 39.6 Å². The van der Waals surface area contributed by atoms with E-state index in [1.165, 1.54) is 29.0 Å². The van der Waals surface area contributed by atoms with E-state index in [4.69, 9.17) is 28.7 Å². The number of hydrogen-bond acceptors (Lipinski definition) is 12. The molecule has 0 aliphatic carbocycles. The summed E-state index contributed by atoms with van der Waals surface area (Å²) in [5.41, 5.74) is 29.7. The zero-order valence-electron chi connectivity index (χ0n) is 42.3. The number of aromatic hydroxyl groups is 1. The molecule has 8 amide bonds. The molecule has 0 bridgehead atoms. The smallest absolute Gasteiger partial charge is 0.245 e. The standard InChI is InChI=1S/C50H79N13O9/c1-5-6-16-37(45(68)60-38(17-10-11-24-51)49(72)63-26-13-19-40(63)46(69)58-36(18-12-25-56-50(54)55)44(67)57-30-42(53)65)59-47(70)41(27-31(2)3)62(4)48(71)39(29-32-14-8-7-9-15-32)61-43(66)35(52)28-33-20-22-34(64)23-21-33/h7-9,14-15,20-23,31,35-41,64H,5-6,10-13,16-19,24-30,51-52H2,1-4H3,(H2,53,65)(H,57,67)(H,58,69)(H,59,70)(H,60,68)(H,61,66)(H4,54,55,56)/t35-,36-,37-,38-,39-,40-,41-/m0/s1. The lowest BCUT2D eigenvalue weighted by Crippen LogP contribution is -2.60. The Morgan fingerprint density at radius 3 is 1.99 bits per heavy atom. The largest absolute Gasteiger partial charge is 0.508 e. The van der Waals surface area contributed by atoms with Crippen molar-refractivity contribution in [3.05, 3.63) is 65.7 Å². The SMILES string of the molecule is CCCC[C@H](NC(=O)[C@H](CC(C)C)N(C)C(=O)[C@H](Cc1ccccc1)NC(=O)[C@@H](N)Cc1ccc(O)cc1)C(=O)N[C@@H](CCCCN)C(=O)N1CCC[C@H]1C(=O)N[C@@H](CCCN=C(N)N)C(=O)NCC(N)=O. The van der Waals surface area contributed by atoms with Gasteiger partial charge in [0.25, 0.3) is 0 Å². The van der Waals surface area contributed by atoms with E-state index in [-0.39, 0.29) is 75.7 Å². The van der Waals surface area contributed by atoms with Crippen LogP contribution in [0.3, 0.4) is 0 Å². The third kappa shape index (κ3) is 20.1. The Balaban J connectivity index is 1.86. The minimum Gasteiger partial charge on any atom is -0.508 e. The normalized spacial score (nSPS) is 15.7. The van der Waals surface area contributed by atoms with Crippen molar-refractivity contribution in [3.8, 4) is 5.75 Å². The number of likely N-dealkylation sites (tertiary alicyclic amines) is 1. The third-order valence-electron chi connectivity index (χ3n) is 12.3. The number of amides is 8. The summed E-state index contributed by atoms with van der Waals surface area (Å²) in [6.07, 6.45) is 4.09. The highest BCUT2D eigenvalue weighted by molar-refractivity contribution is 5.98. The average molecular weight is 1010 g/mol. The highest BCUT2D eigenvalue weighted by Crippen LogP contribution is 2.22. The second-order valence-electron chi connectivity index (χ2n) is 18.8. The highest BCUT2D eigenvalue weighted by Gasteiger charge is 2.40. The van der Waals surface area contributed by atoms with Gasteiger partial charge in [-0.2, -0.15) is 0 Å². The summed E-state index contributed by atoms with van der Waals surface area (Å²) in [5, 5.41) is 23.4. The summed E-state index contributed by atoms with van der Waals surface area (Å²) in [6.45, 7) is 5.93. The van der Waals surface area contributed by atoms with E-state index >= 15 is 0 Å². The number of benzene rings is 2. The molecule has 22 heteroatoms. The lowest BCUT2D eigenvalue weighted by molar-refractivity contribution is -0.144. The molecule has 1 aliphatic heterocycles. The summed E-state index contributed by atoms with van der Waals surface area (Å²) < 4.78 is 0. The molecule has 0 aromatic heterocycles. The van der Waals surface area contributed by atoms with Crippen LogP contribution in [0.25, 0.3) is 0 Å². The van der Waals surface area contributed by atoms with Crippen LogP contribution in [-0.2, 0) is 51.2 Å². The first-order valence-electron chi connectivity index (χ1n) is 24.9. The van der Waals surface area contributed by atoms with Crippen LogP contribution < -0.4 is 55.3 Å². The number of phenols is 1. The first kappa shape index (κ1) is 59.5. The summed E-state index contributed by atoms with van der Waals surface area (Å²) in [6, 6.07) is 7.73. The van der Waals surface area contributed by atoms with Gasteiger partial charge in [-0.15, -0.1) is 0 Å². The summed E-state index contributed by atoms with van der Waals surface area (Å²) >= 11 is 0. The first-order chi connectivity index (χ1) is 34.2. The van der Waals surface area contributed by atoms with Gasteiger partial charge in [0.2, 0.25) is 47.3 Å². The second kappa shape index (κ2) is 30.8. The minimum atomic E-state index is -1.13. The van der Waals surface area contributed by atoms with Crippen LogP contribution in [0.4, 0.5) is 0 Å². The third-order valence-corrected chi connectivity index (χ3v) is 12.3. The number of nitrogens with two attached hydrogens (primary N) is 5. The minimum absolute atomic E-state index is 0.0631. The molecule has 1 aliphatic rings. The van der Waals surface area contributed by atoms with Gasteiger partial charge in [0.15, 0.2) is 5.96 Å². The molecule has 2 aromatic rings. The molecule has 1 saturated heterocycles. The molecular formula is C50H79N13O9. The van der Waals surface area contributed by atoms with Crippen LogP contribution in [0.5, 0.6) is 5.75 Å². The van der Waals surface area contributed by atoms with Crippen molar-refractivity contribution >= 4 is 53.2 Å². The number of carbonyl (C=O) groups excluding carboxylic acids is 8. The molecule has 2 aromatic carbocycles. The van der Waals surface area contributed by atoms with Crippen LogP contribution in [-0.4, -0.2) is 144 Å². The van der Waals surface area contributed by atoms with E-state index in [2.05, 4.69) is 31.6 Å². The van der Waals surface area contributed by atoms with Gasteiger partial charge in [0.05, 0.1) is 12.6 Å². The molecular weight excluding hydrogens is 927 g/mol. The van der Waals surface area contributed by atoms with E-state index in [1.54, 1.807) is 12.1 Å². The molecule has 72 heavy (non-hydrogen) atoms. The number of rotatable bonds is 31. The van der Waals surface area contributed by atoms with Crippen molar-refractivity contribution in [3.63, 3.8) is 0 Å². The second-order valence-corrected chi connectivity index (χ2v) is 18.8. The molecule has 0 spiro atoms. The summed E-state index contributed by atoms with van der Waals surface area (Å²) in [4.78, 5) is 117. The molecule has 22 nitrogen and oxygen atoms in total. The van der Waals surface area contributed by atoms with Gasteiger partial charge in [0, 0.05) is 26.6 Å². The van der Waals surface area contributed by atoms with Crippen molar-refractivity contribution < 1.29 is 43.5 Å². The first-order valence-corrected chi connectivity index (χ1v) is 24.9. The lowest BCUT2D eigenvalue weighted by Gasteiger charge is -2.34. The predicted octanol–water partition coefficient (Wildman–Crippen LogP) is -0.718. The van der Waals surface area contributed by atoms with Gasteiger partial charge in [-0.05, 0) is 99.9 Å². The van der Waals surface area contributed by atoms with E-state index in [0.717, 1.165) is 5.56 Å². The van der Waals surface area contributed by atoms with Crippen LogP contribution in [0, 0.1) is 5.92 Å². The number of unbranched alkanes of at least 4 members (excludes halogenated alkanes) is 2. The van der Waals surface area contributed by atoms with Crippen molar-refractivity contribution in [2.45, 2.75) is 147 Å². The predicted molar refractivity (Wildman–Crippen MR) is 273 cm³/mol. The molecule has 0 unspecified atom stereocenters. The van der Waals surface area contributed by atoms with Crippen LogP contribution in [0.1, 0.15) is 103 Å². The lowest BCUT2D eigenvalue weighted by atomic mass is 9.98. The van der Waals surface area contributed by atoms with Gasteiger partial charge >= 0.3 is 0 Å². The van der Waals surface area contributed by atoms with Crippen LogP contribution in [0.2, 0.25) is 0 Å². The molecule has 1 fully saturated rings. The topological polar surface area (TPSA) is 366 Å². The molecule has 0 saturated carbocycles. The molecule has 1 heterocycles. The molecule has 7 atom stereocenters. The fourth-order valence-corrected chi connectivity index (χ4v) is 8.40. The van der Waals surface area contributed by atoms with Gasteiger partial charge in [0.1, 0.15) is 42.0 Å². The van der Waals surface area contributed by atoms with Gasteiger partial charge < -0.3 is 70.2 Å². The highest BCUT2D eigenvalue weighted by atomic mass is 16.3. The van der Waals surface area contributed by atoms with Crippen LogP contribution >= 0.6 is 0 Å². The van der Waals surface area contributed by atoms with E-state index in [1.807, 2.05) is 51.1 Å². The zero-order chi connectivity index (χ0) is 53.3. The average Bonchev–Trinajstić information content (AvgIpc) is 3.85. The molecule has 398 valence electrons. The number of primary amides is 1. The Bertz CT molecular complexity index is 2120. The Morgan fingerprint density at radius 2 is 1.36 bits per heavy atom. The summed E-state index contributed by atoms with van der Waals surface area (Å²) in [5.74, 6) is -5.16. The molecule has 16 N–H and O–H groups in total. The number of hydrogen-bond donors (Lipinski definition) is 11. The monoisotopic (exact) mass is 1010 g/mol. The number of phenolic OH excluding ortho intramolecular Hbond substituents is 1. The number of nitrogens with zero attached hydrogens (tertiary/aromatic N) is 3. The number of likely N-dealkylation sites (N-methyl/N-ethyl adjacent to an activating group) is 1. The van der Waals surface area contributed by atoms with Crippen molar-refractivity contribution in [1.82, 2.24) is 36.4 Å². The van der Waals surface area contributed by atoms with Crippen LogP contribution in [0.15, 0.2) is 59.6 Å². The summed E-state index contributed by atoms with van der Waals surface area (Å²) in [7, 11) is 1.48. The Kier molecular flexibility index (Phi) is 25.5. The molecule has 0 radical (unpaired) electrons. The Labute approximate surface area is 422 Å². The quantitative estimate of drug-likeness (QED) is 0.0253. The van der Waals surface area contributed by atoms with Gasteiger partial charge in [-0.3, -0.25) is 43.3 Å². The van der Waals surface area contributed by atoms with E-state index in [0.29, 0.717) is 50.6 Å². The number of nitrogens with one attached hydrogen (secondary N) is 5. The Hall–Kier alpha value is -6.81.